The van der Waals surface area contributed by atoms with Gasteiger partial charge in [-0.1, -0.05) is 145 Å². The Morgan fingerprint density at radius 2 is 1.32 bits per heavy atom. The van der Waals surface area contributed by atoms with Crippen LogP contribution >= 0.6 is 0 Å². The first-order chi connectivity index (χ1) is 25.5. The van der Waals surface area contributed by atoms with Crippen molar-refractivity contribution in [3.05, 3.63) is 100 Å². The number of aliphatic hydroxyl groups excluding tert-OH is 1. The quantitative estimate of drug-likeness (QED) is 0.103. The van der Waals surface area contributed by atoms with Crippen molar-refractivity contribution in [1.82, 2.24) is 4.98 Å². The molecular formula is C52H70IrNO2-. The Bertz CT molecular complexity index is 2080. The van der Waals surface area contributed by atoms with Gasteiger partial charge in [0, 0.05) is 49.9 Å². The largest absolute Gasteiger partial charge is 0.512 e. The molecule has 0 spiro atoms. The number of allylic oxidation sites excluding steroid dienone is 2. The minimum absolute atomic E-state index is 0. The summed E-state index contributed by atoms with van der Waals surface area (Å²) < 4.78 is 0. The Labute approximate surface area is 353 Å². The second-order valence-corrected chi connectivity index (χ2v) is 20.3. The molecule has 0 saturated carbocycles. The minimum Gasteiger partial charge on any atom is -0.512 e. The van der Waals surface area contributed by atoms with Crippen LogP contribution in [0.2, 0.25) is 0 Å². The predicted octanol–water partition coefficient (Wildman–Crippen LogP) is 14.5. The molecule has 0 bridgehead atoms. The van der Waals surface area contributed by atoms with Crippen molar-refractivity contribution in [1.29, 1.82) is 0 Å². The van der Waals surface area contributed by atoms with Crippen molar-refractivity contribution >= 4 is 16.6 Å². The summed E-state index contributed by atoms with van der Waals surface area (Å²) in [4.78, 5) is 16.6. The molecule has 4 heteroatoms. The third-order valence-corrected chi connectivity index (χ3v) is 12.9. The number of nitrogens with zero attached hydrogens (tertiary/aromatic N) is 1. The van der Waals surface area contributed by atoms with Gasteiger partial charge in [-0.25, -0.2) is 0 Å². The van der Waals surface area contributed by atoms with Crippen LogP contribution in [-0.4, -0.2) is 15.9 Å². The fourth-order valence-electron chi connectivity index (χ4n) is 10.6. The van der Waals surface area contributed by atoms with Crippen LogP contribution in [0.4, 0.5) is 0 Å². The zero-order valence-electron chi connectivity index (χ0n) is 37.3. The molecule has 0 atom stereocenters. The molecular weight excluding hydrogens is 863 g/mol. The summed E-state index contributed by atoms with van der Waals surface area (Å²) in [6.45, 7) is 34.6. The van der Waals surface area contributed by atoms with Crippen molar-refractivity contribution in [2.75, 3.05) is 0 Å². The average Bonchev–Trinajstić information content (AvgIpc) is 3.42. The molecule has 2 aliphatic rings. The fourth-order valence-corrected chi connectivity index (χ4v) is 10.6. The summed E-state index contributed by atoms with van der Waals surface area (Å²) in [7, 11) is 0. The summed E-state index contributed by atoms with van der Waals surface area (Å²) >= 11 is 0. The molecule has 1 N–H and O–H groups in total. The molecule has 1 heterocycles. The number of benzene rings is 3. The van der Waals surface area contributed by atoms with E-state index in [9.17, 15) is 9.90 Å². The van der Waals surface area contributed by atoms with E-state index < -0.39 is 0 Å². The number of rotatable bonds is 9. The maximum absolute atomic E-state index is 11.7. The van der Waals surface area contributed by atoms with E-state index in [1.165, 1.54) is 41.0 Å². The monoisotopic (exact) mass is 934 g/mol. The molecule has 1 aromatic heterocycles. The number of pyridine rings is 1. The molecule has 6 rings (SSSR count). The zero-order valence-corrected chi connectivity index (χ0v) is 39.7. The van der Waals surface area contributed by atoms with E-state index in [-0.39, 0.29) is 70.6 Å². The summed E-state index contributed by atoms with van der Waals surface area (Å²) in [5.74, 6) is 0.547. The Morgan fingerprint density at radius 1 is 0.768 bits per heavy atom. The molecule has 305 valence electrons. The van der Waals surface area contributed by atoms with E-state index in [4.69, 9.17) is 4.98 Å². The maximum atomic E-state index is 11.7. The molecule has 0 saturated heterocycles. The van der Waals surface area contributed by atoms with Crippen molar-refractivity contribution in [2.45, 2.75) is 169 Å². The van der Waals surface area contributed by atoms with Crippen LogP contribution in [0.25, 0.3) is 33.2 Å². The Kier molecular flexibility index (Phi) is 13.6. The maximum Gasteiger partial charge on any atom is 0.162 e. The summed E-state index contributed by atoms with van der Waals surface area (Å²) in [6.07, 6.45) is 9.27. The number of fused-ring (bicyclic) bond motifs is 4. The molecule has 3 nitrogen and oxygen atoms in total. The number of hydrogen-bond acceptors (Lipinski definition) is 3. The molecule has 1 radical (unpaired) electrons. The van der Waals surface area contributed by atoms with Crippen LogP contribution in [0.3, 0.4) is 0 Å². The Morgan fingerprint density at radius 3 is 1.91 bits per heavy atom. The number of carbonyl (C=O) groups is 1. The van der Waals surface area contributed by atoms with Crippen LogP contribution in [0.15, 0.2) is 66.6 Å². The van der Waals surface area contributed by atoms with Crippen LogP contribution < -0.4 is 0 Å². The molecule has 0 aliphatic heterocycles. The van der Waals surface area contributed by atoms with Crippen molar-refractivity contribution in [2.24, 2.45) is 11.8 Å². The van der Waals surface area contributed by atoms with Crippen molar-refractivity contribution in [3.63, 3.8) is 0 Å². The molecule has 4 aromatic rings. The van der Waals surface area contributed by atoms with Gasteiger partial charge >= 0.3 is 0 Å². The predicted molar refractivity (Wildman–Crippen MR) is 235 cm³/mol. The zero-order chi connectivity index (χ0) is 40.9. The van der Waals surface area contributed by atoms with Gasteiger partial charge in [0.1, 0.15) is 0 Å². The van der Waals surface area contributed by atoms with E-state index in [1.54, 1.807) is 22.3 Å². The second kappa shape index (κ2) is 16.7. The van der Waals surface area contributed by atoms with E-state index in [2.05, 4.69) is 131 Å². The smallest absolute Gasteiger partial charge is 0.162 e. The first-order valence-electron chi connectivity index (χ1n) is 21.1. The van der Waals surface area contributed by atoms with Crippen molar-refractivity contribution in [3.8, 4) is 22.4 Å². The van der Waals surface area contributed by atoms with Gasteiger partial charge in [-0.05, 0) is 105 Å². The number of carbonyl (C=O) groups excluding carboxylic acids is 1. The molecule has 0 unspecified atom stereocenters. The Balaban J connectivity index is 0.000000372. The summed E-state index contributed by atoms with van der Waals surface area (Å²) in [5, 5.41) is 12.2. The third-order valence-electron chi connectivity index (χ3n) is 12.9. The number of hydrogen-bond donors (Lipinski definition) is 1. The molecule has 2 aliphatic carbocycles. The second-order valence-electron chi connectivity index (χ2n) is 20.3. The van der Waals surface area contributed by atoms with E-state index in [0.29, 0.717) is 0 Å². The van der Waals surface area contributed by atoms with Crippen LogP contribution in [0.1, 0.15) is 170 Å². The molecule has 0 fully saturated rings. The van der Waals surface area contributed by atoms with Gasteiger partial charge in [0.2, 0.25) is 0 Å². The van der Waals surface area contributed by atoms with Gasteiger partial charge in [-0.15, -0.1) is 29.1 Å². The first-order valence-corrected chi connectivity index (χ1v) is 21.1. The van der Waals surface area contributed by atoms with E-state index in [1.807, 2.05) is 33.9 Å². The van der Waals surface area contributed by atoms with Crippen LogP contribution in [0, 0.1) is 17.9 Å². The summed E-state index contributed by atoms with van der Waals surface area (Å²) in [6, 6.07) is 21.8. The van der Waals surface area contributed by atoms with Gasteiger partial charge < -0.3 is 5.11 Å². The third kappa shape index (κ3) is 8.83. The van der Waals surface area contributed by atoms with Gasteiger partial charge in [-0.3, -0.25) is 9.78 Å². The SMILES string of the molecule is CC(C)(C)c1cc(-c2cc(-c3cc4c(c5c3C(C)(C)CC5(C)C)C(C)(C)CC4(C)C)ccn2)[c-]c2ccccc12.CCC(CC)C(=O)/C=C(\O)C(CC)CC.[Ir]. The van der Waals surface area contributed by atoms with E-state index in [0.717, 1.165) is 42.3 Å². The number of aliphatic hydroxyl groups is 1. The normalized spacial score (nSPS) is 17.6. The van der Waals surface area contributed by atoms with Gasteiger partial charge in [0.05, 0.1) is 5.76 Å². The Hall–Kier alpha value is -3.07. The average molecular weight is 933 g/mol. The fraction of sp³-hybridized carbons (Fsp3) is 0.538. The van der Waals surface area contributed by atoms with Crippen molar-refractivity contribution < 1.29 is 30.0 Å². The van der Waals surface area contributed by atoms with Gasteiger partial charge in [0.25, 0.3) is 0 Å². The van der Waals surface area contributed by atoms with E-state index >= 15 is 0 Å². The standard InChI is InChI=1S/C39H46N.C13H24O2.Ir/c1-35(2,3)29-19-26(18-24-14-12-13-15-27(24)29)31-20-25(16-17-40-31)28-21-30-33(38(8,9)22-36(30,4)5)34-32(28)37(6,7)23-39(34,10)11;1-5-10(6-2)12(14)9-13(15)11(7-3)8-4;/h12-17,19-21H,22-23H2,1-11H3;9-11,14H,5-8H2,1-4H3;/q-1;;/b;12-9-;. The van der Waals surface area contributed by atoms with Gasteiger partial charge in [0.15, 0.2) is 5.78 Å². The molecule has 3 aromatic carbocycles. The number of aromatic nitrogens is 1. The minimum atomic E-state index is 0. The van der Waals surface area contributed by atoms with Crippen LogP contribution in [0.5, 0.6) is 0 Å². The molecule has 56 heavy (non-hydrogen) atoms. The van der Waals surface area contributed by atoms with Gasteiger partial charge in [-0.2, -0.15) is 0 Å². The first kappa shape index (κ1) is 45.6. The van der Waals surface area contributed by atoms with Crippen LogP contribution in [-0.2, 0) is 52.0 Å². The topological polar surface area (TPSA) is 50.2 Å². The number of ketones is 1. The summed E-state index contributed by atoms with van der Waals surface area (Å²) in [5.41, 5.74) is 13.0. The molecule has 0 amide bonds.